The topological polar surface area (TPSA) is 123 Å². The molecule has 31 heavy (non-hydrogen) atoms. The van der Waals surface area contributed by atoms with Gasteiger partial charge in [-0.05, 0) is 55.9 Å². The number of amides is 2. The average molecular weight is 458 g/mol. The predicted octanol–water partition coefficient (Wildman–Crippen LogP) is 3.38. The quantitative estimate of drug-likeness (QED) is 0.446. The summed E-state index contributed by atoms with van der Waals surface area (Å²) in [4.78, 5) is 29.8. The number of H-pyrrole nitrogens is 1. The van der Waals surface area contributed by atoms with Crippen LogP contribution in [0.15, 0.2) is 23.4 Å². The van der Waals surface area contributed by atoms with Crippen molar-refractivity contribution in [3.8, 4) is 5.75 Å². The number of fused-ring (bicyclic) bond motifs is 1. The van der Waals surface area contributed by atoms with Gasteiger partial charge >= 0.3 is 0 Å². The first-order valence-electron chi connectivity index (χ1n) is 9.89. The minimum Gasteiger partial charge on any atom is -0.485 e. The molecule has 0 aliphatic heterocycles. The molecule has 4 N–H and O–H groups in total. The number of aromatic amines is 1. The third-order valence-corrected chi connectivity index (χ3v) is 7.03. The standard InChI is InChI=1S/C21H23N5O3S2/c1-11-6-7-12(2)14(8-11)29-9-16-23-21(26-25-16)30-10-17(27)24-20-18(19(22)28)13-4-3-5-15(13)31-20/h6-8H,3-5,9-10H2,1-2H3,(H2,22,28)(H,24,27)(H,23,25,26). The Morgan fingerprint density at radius 1 is 1.32 bits per heavy atom. The van der Waals surface area contributed by atoms with Gasteiger partial charge in [0.05, 0.1) is 11.3 Å². The molecule has 0 bridgehead atoms. The Balaban J connectivity index is 1.31. The molecule has 1 aliphatic carbocycles. The fourth-order valence-electron chi connectivity index (χ4n) is 3.46. The molecule has 2 heterocycles. The highest BCUT2D eigenvalue weighted by Gasteiger charge is 2.26. The molecule has 8 nitrogen and oxygen atoms in total. The van der Waals surface area contributed by atoms with Gasteiger partial charge in [0.2, 0.25) is 11.1 Å². The lowest BCUT2D eigenvalue weighted by atomic mass is 10.1. The van der Waals surface area contributed by atoms with Crippen LogP contribution in [0.5, 0.6) is 5.75 Å². The third-order valence-electron chi connectivity index (χ3n) is 4.97. The van der Waals surface area contributed by atoms with Gasteiger partial charge in [0, 0.05) is 4.88 Å². The van der Waals surface area contributed by atoms with Crippen molar-refractivity contribution in [2.24, 2.45) is 5.73 Å². The van der Waals surface area contributed by atoms with Crippen molar-refractivity contribution in [3.63, 3.8) is 0 Å². The number of carbonyl (C=O) groups is 2. The Hall–Kier alpha value is -2.85. The van der Waals surface area contributed by atoms with Gasteiger partial charge < -0.3 is 15.8 Å². The van der Waals surface area contributed by atoms with Crippen LogP contribution in [0, 0.1) is 13.8 Å². The normalized spacial score (nSPS) is 12.6. The Kier molecular flexibility index (Phi) is 6.28. The molecule has 1 aromatic carbocycles. The number of nitrogens with zero attached hydrogens (tertiary/aromatic N) is 2. The number of nitrogens with one attached hydrogen (secondary N) is 2. The summed E-state index contributed by atoms with van der Waals surface area (Å²) >= 11 is 2.65. The monoisotopic (exact) mass is 457 g/mol. The van der Waals surface area contributed by atoms with Crippen LogP contribution < -0.4 is 15.8 Å². The number of thiophene rings is 1. The van der Waals surface area contributed by atoms with Crippen molar-refractivity contribution >= 4 is 39.9 Å². The molecule has 2 aromatic heterocycles. The summed E-state index contributed by atoms with van der Waals surface area (Å²) in [5.41, 5.74) is 9.15. The maximum absolute atomic E-state index is 12.4. The van der Waals surface area contributed by atoms with Crippen LogP contribution in [0.25, 0.3) is 0 Å². The van der Waals surface area contributed by atoms with Gasteiger partial charge in [-0.2, -0.15) is 0 Å². The van der Waals surface area contributed by atoms with E-state index in [-0.39, 0.29) is 18.3 Å². The Morgan fingerprint density at radius 2 is 2.16 bits per heavy atom. The van der Waals surface area contributed by atoms with Crippen molar-refractivity contribution in [1.29, 1.82) is 0 Å². The Labute approximate surface area is 188 Å². The molecule has 10 heteroatoms. The van der Waals surface area contributed by atoms with Gasteiger partial charge in [0.1, 0.15) is 17.4 Å². The lowest BCUT2D eigenvalue weighted by Gasteiger charge is -2.08. The number of carbonyl (C=O) groups excluding carboxylic acids is 2. The summed E-state index contributed by atoms with van der Waals surface area (Å²) < 4.78 is 5.82. The number of aryl methyl sites for hydroxylation is 3. The number of thioether (sulfide) groups is 1. The van der Waals surface area contributed by atoms with E-state index < -0.39 is 5.91 Å². The zero-order valence-corrected chi connectivity index (χ0v) is 18.9. The van der Waals surface area contributed by atoms with E-state index in [0.29, 0.717) is 21.5 Å². The highest BCUT2D eigenvalue weighted by molar-refractivity contribution is 7.99. The summed E-state index contributed by atoms with van der Waals surface area (Å²) in [7, 11) is 0. The number of rotatable bonds is 8. The molecule has 0 fully saturated rings. The van der Waals surface area contributed by atoms with Gasteiger partial charge in [-0.25, -0.2) is 4.98 Å². The van der Waals surface area contributed by atoms with Gasteiger partial charge in [0.15, 0.2) is 5.82 Å². The fraction of sp³-hybridized carbons (Fsp3) is 0.333. The summed E-state index contributed by atoms with van der Waals surface area (Å²) in [6, 6.07) is 6.02. The number of hydrogen-bond donors (Lipinski definition) is 3. The number of ether oxygens (including phenoxy) is 1. The summed E-state index contributed by atoms with van der Waals surface area (Å²) in [5.74, 6) is 0.776. The molecular formula is C21H23N5O3S2. The van der Waals surface area contributed by atoms with Crippen LogP contribution in [-0.4, -0.2) is 32.7 Å². The zero-order valence-electron chi connectivity index (χ0n) is 17.3. The molecular weight excluding hydrogens is 434 g/mol. The van der Waals surface area contributed by atoms with E-state index in [0.717, 1.165) is 46.6 Å². The highest BCUT2D eigenvalue weighted by Crippen LogP contribution is 2.38. The number of hydrogen-bond acceptors (Lipinski definition) is 7. The van der Waals surface area contributed by atoms with Crippen molar-refractivity contribution in [2.45, 2.75) is 44.9 Å². The lowest BCUT2D eigenvalue weighted by molar-refractivity contribution is -0.113. The maximum Gasteiger partial charge on any atom is 0.251 e. The van der Waals surface area contributed by atoms with E-state index in [2.05, 4.69) is 20.5 Å². The van der Waals surface area contributed by atoms with Gasteiger partial charge in [0.25, 0.3) is 5.91 Å². The predicted molar refractivity (Wildman–Crippen MR) is 121 cm³/mol. The van der Waals surface area contributed by atoms with E-state index in [4.69, 9.17) is 10.5 Å². The summed E-state index contributed by atoms with van der Waals surface area (Å²) in [6.45, 7) is 4.25. The van der Waals surface area contributed by atoms with Crippen LogP contribution in [-0.2, 0) is 24.2 Å². The first-order valence-corrected chi connectivity index (χ1v) is 11.7. The highest BCUT2D eigenvalue weighted by atomic mass is 32.2. The number of benzene rings is 1. The maximum atomic E-state index is 12.4. The second-order valence-electron chi connectivity index (χ2n) is 7.38. The molecule has 3 aromatic rings. The number of aromatic nitrogens is 3. The van der Waals surface area contributed by atoms with Gasteiger partial charge in [-0.3, -0.25) is 14.7 Å². The zero-order chi connectivity index (χ0) is 22.0. The molecule has 2 amide bonds. The van der Waals surface area contributed by atoms with Gasteiger partial charge in [-0.1, -0.05) is 23.9 Å². The Morgan fingerprint density at radius 3 is 2.97 bits per heavy atom. The smallest absolute Gasteiger partial charge is 0.251 e. The van der Waals surface area contributed by atoms with E-state index in [1.165, 1.54) is 23.1 Å². The van der Waals surface area contributed by atoms with Crippen LogP contribution in [0.1, 0.15) is 44.2 Å². The van der Waals surface area contributed by atoms with Crippen LogP contribution in [0.4, 0.5) is 5.00 Å². The van der Waals surface area contributed by atoms with E-state index in [9.17, 15) is 9.59 Å². The largest absolute Gasteiger partial charge is 0.485 e. The minimum atomic E-state index is -0.496. The molecule has 0 saturated heterocycles. The summed E-state index contributed by atoms with van der Waals surface area (Å²) in [6.07, 6.45) is 2.78. The second-order valence-corrected chi connectivity index (χ2v) is 9.43. The first-order chi connectivity index (χ1) is 14.9. The van der Waals surface area contributed by atoms with E-state index in [1.54, 1.807) is 0 Å². The first kappa shape index (κ1) is 21.4. The molecule has 0 unspecified atom stereocenters. The van der Waals surface area contributed by atoms with Crippen LogP contribution in [0.3, 0.4) is 0 Å². The van der Waals surface area contributed by atoms with Crippen LogP contribution in [0.2, 0.25) is 0 Å². The Bertz CT molecular complexity index is 1140. The number of anilines is 1. The summed E-state index contributed by atoms with van der Waals surface area (Å²) in [5, 5.41) is 10.8. The lowest BCUT2D eigenvalue weighted by Crippen LogP contribution is -2.18. The molecule has 0 radical (unpaired) electrons. The van der Waals surface area contributed by atoms with Crippen molar-refractivity contribution in [3.05, 3.63) is 51.2 Å². The SMILES string of the molecule is Cc1ccc(C)c(OCc2nc(SCC(=O)Nc3sc4c(c3C(N)=O)CCC4)n[nH]2)c1. The molecule has 1 aliphatic rings. The molecule has 0 spiro atoms. The minimum absolute atomic E-state index is 0.121. The van der Waals surface area contributed by atoms with Crippen molar-refractivity contribution in [2.75, 3.05) is 11.1 Å². The van der Waals surface area contributed by atoms with E-state index in [1.807, 2.05) is 32.0 Å². The molecule has 162 valence electrons. The van der Waals surface area contributed by atoms with Gasteiger partial charge in [-0.15, -0.1) is 16.4 Å². The molecule has 0 saturated carbocycles. The second kappa shape index (κ2) is 9.11. The fourth-order valence-corrected chi connectivity index (χ4v) is 5.39. The third kappa shape index (κ3) is 4.91. The van der Waals surface area contributed by atoms with Crippen molar-refractivity contribution < 1.29 is 14.3 Å². The van der Waals surface area contributed by atoms with Crippen LogP contribution >= 0.6 is 23.1 Å². The number of primary amides is 1. The molecule has 4 rings (SSSR count). The van der Waals surface area contributed by atoms with Crippen molar-refractivity contribution in [1.82, 2.24) is 15.2 Å². The average Bonchev–Trinajstić information content (AvgIpc) is 3.43. The molecule has 0 atom stereocenters. The number of nitrogens with two attached hydrogens (primary N) is 1. The van der Waals surface area contributed by atoms with E-state index >= 15 is 0 Å².